The minimum Gasteiger partial charge on any atom is -0.310 e. The van der Waals surface area contributed by atoms with E-state index in [4.69, 9.17) is 0 Å². The summed E-state index contributed by atoms with van der Waals surface area (Å²) in [4.78, 5) is 4.65. The first-order valence-electron chi connectivity index (χ1n) is 7.85. The normalized spacial score (nSPS) is 13.1. The number of rotatable bonds is 10. The van der Waals surface area contributed by atoms with Crippen molar-refractivity contribution in [2.75, 3.05) is 47.3 Å². The Kier molecular flexibility index (Phi) is 9.16. The summed E-state index contributed by atoms with van der Waals surface area (Å²) < 4.78 is 1.14. The molecule has 1 unspecified atom stereocenters. The van der Waals surface area contributed by atoms with Crippen LogP contribution in [0.2, 0.25) is 0 Å². The summed E-state index contributed by atoms with van der Waals surface area (Å²) in [6, 6.07) is 9.14. The smallest absolute Gasteiger partial charge is 0.0332 e. The molecule has 0 aromatic heterocycles. The van der Waals surface area contributed by atoms with Crippen LogP contribution in [0.4, 0.5) is 0 Å². The van der Waals surface area contributed by atoms with Crippen LogP contribution in [0, 0.1) is 0 Å². The van der Waals surface area contributed by atoms with Crippen LogP contribution < -0.4 is 5.32 Å². The topological polar surface area (TPSA) is 18.5 Å². The molecule has 0 aliphatic carbocycles. The summed E-state index contributed by atoms with van der Waals surface area (Å²) >= 11 is 3.51. The third kappa shape index (κ3) is 7.96. The van der Waals surface area contributed by atoms with Gasteiger partial charge in [-0.1, -0.05) is 35.0 Å². The zero-order valence-electron chi connectivity index (χ0n) is 13.9. The highest BCUT2D eigenvalue weighted by molar-refractivity contribution is 9.10. The summed E-state index contributed by atoms with van der Waals surface area (Å²) in [5, 5.41) is 3.67. The van der Waals surface area contributed by atoms with Crippen molar-refractivity contribution in [3.8, 4) is 0 Å². The van der Waals surface area contributed by atoms with E-state index in [0.717, 1.165) is 37.1 Å². The molecule has 1 atom stereocenters. The molecule has 0 spiro atoms. The first-order chi connectivity index (χ1) is 10.0. The highest BCUT2D eigenvalue weighted by atomic mass is 79.9. The summed E-state index contributed by atoms with van der Waals surface area (Å²) in [7, 11) is 6.46. The number of hydrogen-bond donors (Lipinski definition) is 1. The average Bonchev–Trinajstić information content (AvgIpc) is 2.46. The first-order valence-corrected chi connectivity index (χ1v) is 8.64. The Hall–Kier alpha value is -0.420. The van der Waals surface area contributed by atoms with Crippen molar-refractivity contribution in [3.63, 3.8) is 0 Å². The van der Waals surface area contributed by atoms with Crippen LogP contribution in [0.25, 0.3) is 0 Å². The third-order valence-corrected chi connectivity index (χ3v) is 4.17. The quantitative estimate of drug-likeness (QED) is 0.693. The number of halogens is 1. The molecule has 4 heteroatoms. The molecule has 0 saturated carbocycles. The molecule has 1 N–H and O–H groups in total. The monoisotopic (exact) mass is 355 g/mol. The molecular formula is C17H30BrN3. The number of nitrogens with zero attached hydrogens (tertiary/aromatic N) is 2. The highest BCUT2D eigenvalue weighted by Crippen LogP contribution is 2.20. The summed E-state index contributed by atoms with van der Waals surface area (Å²) in [5.74, 6) is 0. The number of likely N-dealkylation sites (N-methyl/N-ethyl adjacent to an activating group) is 2. The molecule has 1 aromatic carbocycles. The Morgan fingerprint density at radius 3 is 2.29 bits per heavy atom. The molecule has 0 radical (unpaired) electrons. The molecule has 0 aliphatic heterocycles. The van der Waals surface area contributed by atoms with Gasteiger partial charge in [-0.2, -0.15) is 0 Å². The van der Waals surface area contributed by atoms with Gasteiger partial charge in [-0.05, 0) is 64.8 Å². The van der Waals surface area contributed by atoms with Gasteiger partial charge in [0.05, 0.1) is 0 Å². The van der Waals surface area contributed by atoms with E-state index in [-0.39, 0.29) is 0 Å². The summed E-state index contributed by atoms with van der Waals surface area (Å²) in [5.41, 5.74) is 1.38. The molecule has 1 aromatic rings. The van der Waals surface area contributed by atoms with Crippen molar-refractivity contribution in [1.82, 2.24) is 15.1 Å². The van der Waals surface area contributed by atoms with Gasteiger partial charge in [0.1, 0.15) is 0 Å². The van der Waals surface area contributed by atoms with E-state index in [0.29, 0.717) is 6.04 Å². The van der Waals surface area contributed by atoms with E-state index >= 15 is 0 Å². The van der Waals surface area contributed by atoms with Crippen molar-refractivity contribution in [3.05, 3.63) is 34.3 Å². The molecule has 1 rings (SSSR count). The lowest BCUT2D eigenvalue weighted by Crippen LogP contribution is -2.32. The van der Waals surface area contributed by atoms with Crippen LogP contribution in [0.5, 0.6) is 0 Å². The lowest BCUT2D eigenvalue weighted by atomic mass is 10.0. The molecule has 0 amide bonds. The largest absolute Gasteiger partial charge is 0.310 e. The molecule has 21 heavy (non-hydrogen) atoms. The fraction of sp³-hybridized carbons (Fsp3) is 0.647. The summed E-state index contributed by atoms with van der Waals surface area (Å²) in [6.07, 6.45) is 2.31. The molecule has 3 nitrogen and oxygen atoms in total. The maximum absolute atomic E-state index is 3.67. The molecule has 0 heterocycles. The molecule has 0 fully saturated rings. The lowest BCUT2D eigenvalue weighted by molar-refractivity contribution is 0.268. The maximum Gasteiger partial charge on any atom is 0.0332 e. The van der Waals surface area contributed by atoms with Crippen molar-refractivity contribution in [2.24, 2.45) is 0 Å². The van der Waals surface area contributed by atoms with Crippen molar-refractivity contribution in [2.45, 2.75) is 25.8 Å². The van der Waals surface area contributed by atoms with Gasteiger partial charge in [-0.25, -0.2) is 0 Å². The van der Waals surface area contributed by atoms with Gasteiger partial charge in [-0.3, -0.25) is 0 Å². The van der Waals surface area contributed by atoms with E-state index in [2.05, 4.69) is 83.4 Å². The Morgan fingerprint density at radius 2 is 1.71 bits per heavy atom. The fourth-order valence-electron chi connectivity index (χ4n) is 2.23. The van der Waals surface area contributed by atoms with E-state index in [1.807, 2.05) is 0 Å². The average molecular weight is 356 g/mol. The van der Waals surface area contributed by atoms with Crippen LogP contribution in [0.15, 0.2) is 28.7 Å². The Labute approximate surface area is 138 Å². The molecule has 0 aliphatic rings. The second-order valence-corrected chi connectivity index (χ2v) is 6.87. The van der Waals surface area contributed by atoms with E-state index < -0.39 is 0 Å². The van der Waals surface area contributed by atoms with E-state index in [1.165, 1.54) is 12.0 Å². The first kappa shape index (κ1) is 18.6. The van der Waals surface area contributed by atoms with Crippen molar-refractivity contribution in [1.29, 1.82) is 0 Å². The zero-order chi connectivity index (χ0) is 15.7. The molecule has 0 saturated heterocycles. The third-order valence-electron chi connectivity index (χ3n) is 3.64. The van der Waals surface area contributed by atoms with Crippen LogP contribution in [-0.4, -0.2) is 57.1 Å². The van der Waals surface area contributed by atoms with Crippen LogP contribution in [-0.2, 0) is 0 Å². The highest BCUT2D eigenvalue weighted by Gasteiger charge is 2.11. The zero-order valence-corrected chi connectivity index (χ0v) is 15.5. The Balaban J connectivity index is 2.51. The number of hydrogen-bond acceptors (Lipinski definition) is 3. The van der Waals surface area contributed by atoms with Gasteiger partial charge in [0.25, 0.3) is 0 Å². The second-order valence-electron chi connectivity index (χ2n) is 5.95. The lowest BCUT2D eigenvalue weighted by Gasteiger charge is -2.24. The SMILES string of the molecule is CCCNC(CCN(C)CCN(C)C)c1ccc(Br)cc1. The predicted molar refractivity (Wildman–Crippen MR) is 95.8 cm³/mol. The van der Waals surface area contributed by atoms with Gasteiger partial charge in [0.15, 0.2) is 0 Å². The second kappa shape index (κ2) is 10.3. The van der Waals surface area contributed by atoms with Crippen molar-refractivity contribution < 1.29 is 0 Å². The predicted octanol–water partition coefficient (Wildman–Crippen LogP) is 3.37. The number of nitrogens with one attached hydrogen (secondary N) is 1. The van der Waals surface area contributed by atoms with Crippen LogP contribution in [0.1, 0.15) is 31.4 Å². The van der Waals surface area contributed by atoms with Gasteiger partial charge >= 0.3 is 0 Å². The standard InChI is InChI=1S/C17H30BrN3/c1-5-11-19-17(15-6-8-16(18)9-7-15)10-12-21(4)14-13-20(2)3/h6-9,17,19H,5,10-14H2,1-4H3. The van der Waals surface area contributed by atoms with Crippen LogP contribution in [0.3, 0.4) is 0 Å². The van der Waals surface area contributed by atoms with Crippen LogP contribution >= 0.6 is 15.9 Å². The van der Waals surface area contributed by atoms with Gasteiger partial charge < -0.3 is 15.1 Å². The number of benzene rings is 1. The molecule has 0 bridgehead atoms. The van der Waals surface area contributed by atoms with Gasteiger partial charge in [0, 0.05) is 23.6 Å². The minimum absolute atomic E-state index is 0.444. The Bertz CT molecular complexity index is 378. The minimum atomic E-state index is 0.444. The molecule has 120 valence electrons. The maximum atomic E-state index is 3.67. The fourth-order valence-corrected chi connectivity index (χ4v) is 2.50. The van der Waals surface area contributed by atoms with Gasteiger partial charge in [0.2, 0.25) is 0 Å². The van der Waals surface area contributed by atoms with Crippen molar-refractivity contribution >= 4 is 15.9 Å². The molecular weight excluding hydrogens is 326 g/mol. The Morgan fingerprint density at radius 1 is 1.05 bits per heavy atom. The van der Waals surface area contributed by atoms with E-state index in [9.17, 15) is 0 Å². The van der Waals surface area contributed by atoms with Gasteiger partial charge in [-0.15, -0.1) is 0 Å². The summed E-state index contributed by atoms with van der Waals surface area (Å²) in [6.45, 7) is 6.64. The van der Waals surface area contributed by atoms with E-state index in [1.54, 1.807) is 0 Å².